The van der Waals surface area contributed by atoms with Gasteiger partial charge in [-0.15, -0.1) is 0 Å². The number of aromatic nitrogens is 1. The van der Waals surface area contributed by atoms with Crippen molar-refractivity contribution in [2.45, 2.75) is 30.1 Å². The zero-order valence-corrected chi connectivity index (χ0v) is 47.8. The minimum absolute atomic E-state index is 0.301. The van der Waals surface area contributed by atoms with Crippen LogP contribution < -0.4 is 9.80 Å². The number of para-hydroxylation sites is 4. The van der Waals surface area contributed by atoms with Gasteiger partial charge < -0.3 is 14.4 Å². The molecule has 0 amide bonds. The molecule has 2 heterocycles. The predicted molar refractivity (Wildman–Crippen MR) is 356 cm³/mol. The molecule has 4 aliphatic rings. The molecule has 3 nitrogen and oxygen atoms in total. The van der Waals surface area contributed by atoms with E-state index < -0.39 is 10.8 Å². The summed E-state index contributed by atoms with van der Waals surface area (Å²) >= 11 is 0. The van der Waals surface area contributed by atoms with Crippen LogP contribution in [0.2, 0.25) is 0 Å². The van der Waals surface area contributed by atoms with Crippen LogP contribution in [0.3, 0.4) is 0 Å². The molecule has 0 saturated carbocycles. The molecule has 0 N–H and O–H groups in total. The van der Waals surface area contributed by atoms with Crippen molar-refractivity contribution in [3.63, 3.8) is 0 Å². The van der Waals surface area contributed by atoms with Crippen LogP contribution in [0.15, 0.2) is 309 Å². The normalized spacial score (nSPS) is 14.7. The van der Waals surface area contributed by atoms with E-state index in [1.807, 2.05) is 0 Å². The first-order chi connectivity index (χ1) is 42.5. The third kappa shape index (κ3) is 6.41. The Hall–Kier alpha value is -10.7. The van der Waals surface area contributed by atoms with Crippen LogP contribution in [-0.4, -0.2) is 4.57 Å². The quantitative estimate of drug-likeness (QED) is 0.158. The molecule has 0 bridgehead atoms. The molecule has 13 aromatic carbocycles. The Morgan fingerprint density at radius 3 is 1.33 bits per heavy atom. The van der Waals surface area contributed by atoms with E-state index in [9.17, 15) is 0 Å². The summed E-state index contributed by atoms with van der Waals surface area (Å²) < 4.78 is 2.49. The molecule has 404 valence electrons. The lowest BCUT2D eigenvalue weighted by atomic mass is 9.64. The van der Waals surface area contributed by atoms with Gasteiger partial charge in [0.1, 0.15) is 0 Å². The highest BCUT2D eigenvalue weighted by atomic mass is 15.2. The average Bonchev–Trinajstić information content (AvgIpc) is 1.47. The van der Waals surface area contributed by atoms with Gasteiger partial charge in [0.15, 0.2) is 0 Å². The molecule has 0 saturated heterocycles. The average molecular weight is 1100 g/mol. The summed E-state index contributed by atoms with van der Waals surface area (Å²) in [7, 11) is 0. The molecule has 1 spiro atoms. The van der Waals surface area contributed by atoms with Crippen molar-refractivity contribution < 1.29 is 0 Å². The number of fused-ring (bicyclic) bond motifs is 19. The lowest BCUT2D eigenvalue weighted by molar-refractivity contribution is 0.661. The van der Waals surface area contributed by atoms with Crippen molar-refractivity contribution in [2.24, 2.45) is 0 Å². The third-order valence-electron chi connectivity index (χ3n) is 19.9. The summed E-state index contributed by atoms with van der Waals surface area (Å²) in [5.74, 6) is 0. The second-order valence-corrected chi connectivity index (χ2v) is 24.2. The van der Waals surface area contributed by atoms with Crippen LogP contribution in [0.1, 0.15) is 69.5 Å². The number of hydrogen-bond donors (Lipinski definition) is 0. The molecule has 3 aliphatic carbocycles. The second kappa shape index (κ2) is 18.1. The Morgan fingerprint density at radius 1 is 0.291 bits per heavy atom. The molecule has 1 aliphatic heterocycles. The van der Waals surface area contributed by atoms with Crippen LogP contribution in [0.25, 0.3) is 60.9 Å². The predicted octanol–water partition coefficient (Wildman–Crippen LogP) is 21.1. The topological polar surface area (TPSA) is 11.4 Å². The van der Waals surface area contributed by atoms with E-state index in [-0.39, 0.29) is 5.41 Å². The zero-order valence-electron chi connectivity index (χ0n) is 47.8. The number of benzene rings is 13. The van der Waals surface area contributed by atoms with E-state index in [1.165, 1.54) is 122 Å². The number of nitrogens with zero attached hydrogens (tertiary/aromatic N) is 3. The molecule has 1 aromatic heterocycles. The van der Waals surface area contributed by atoms with Crippen molar-refractivity contribution in [1.82, 2.24) is 4.57 Å². The van der Waals surface area contributed by atoms with Crippen LogP contribution in [0.5, 0.6) is 0 Å². The van der Waals surface area contributed by atoms with Gasteiger partial charge in [-0.25, -0.2) is 0 Å². The van der Waals surface area contributed by atoms with Gasteiger partial charge in [-0.2, -0.15) is 0 Å². The molecule has 0 fully saturated rings. The van der Waals surface area contributed by atoms with Crippen molar-refractivity contribution in [2.75, 3.05) is 9.80 Å². The van der Waals surface area contributed by atoms with Crippen LogP contribution >= 0.6 is 0 Å². The fraction of sp³-hybridized carbons (Fsp3) is 0.0602. The largest absolute Gasteiger partial charge is 0.310 e. The van der Waals surface area contributed by atoms with Crippen molar-refractivity contribution in [3.8, 4) is 39.1 Å². The summed E-state index contributed by atoms with van der Waals surface area (Å²) in [6.07, 6.45) is 0. The maximum atomic E-state index is 2.49. The van der Waals surface area contributed by atoms with Gasteiger partial charge in [0.05, 0.1) is 33.2 Å². The first-order valence-electron chi connectivity index (χ1n) is 30.2. The van der Waals surface area contributed by atoms with Crippen molar-refractivity contribution >= 4 is 55.9 Å². The van der Waals surface area contributed by atoms with Gasteiger partial charge in [-0.05, 0) is 162 Å². The summed E-state index contributed by atoms with van der Waals surface area (Å²) in [6, 6.07) is 116. The Bertz CT molecular complexity index is 4950. The van der Waals surface area contributed by atoms with Gasteiger partial charge in [-0.3, -0.25) is 0 Å². The Balaban J connectivity index is 0.822. The van der Waals surface area contributed by atoms with E-state index in [2.05, 4.69) is 338 Å². The molecular formula is C83H57N3. The van der Waals surface area contributed by atoms with Gasteiger partial charge in [-0.1, -0.05) is 244 Å². The van der Waals surface area contributed by atoms with Crippen molar-refractivity contribution in [1.29, 1.82) is 0 Å². The molecule has 18 rings (SSSR count). The fourth-order valence-corrected chi connectivity index (χ4v) is 16.4. The summed E-state index contributed by atoms with van der Waals surface area (Å²) in [4.78, 5) is 4.97. The van der Waals surface area contributed by atoms with E-state index in [0.29, 0.717) is 0 Å². The third-order valence-corrected chi connectivity index (χ3v) is 19.9. The van der Waals surface area contributed by atoms with Gasteiger partial charge in [0, 0.05) is 50.2 Å². The molecule has 14 aromatic rings. The van der Waals surface area contributed by atoms with Gasteiger partial charge >= 0.3 is 0 Å². The van der Waals surface area contributed by atoms with E-state index in [0.717, 1.165) is 28.4 Å². The summed E-state index contributed by atoms with van der Waals surface area (Å²) in [6.45, 7) is 4.83. The van der Waals surface area contributed by atoms with Crippen LogP contribution in [0, 0.1) is 0 Å². The molecular weight excluding hydrogens is 1040 g/mol. The maximum absolute atomic E-state index is 2.49. The monoisotopic (exact) mass is 1100 g/mol. The van der Waals surface area contributed by atoms with Gasteiger partial charge in [0.25, 0.3) is 0 Å². The standard InChI is InChI=1S/C83H57N3/c1-81(2)74-52-51-66-65-31-13-20-38-76(65)86(56-25-7-4-8-26-56)80(66)79(74)67-50-49-60(53-75(67)81)84(57-43-41-55(42-44-57)82(54-23-5-3-6-24-54)68-32-14-9-27-61(68)62-28-10-15-33-69(62)82)58-45-47-59(48-46-58)85-77-39-21-18-36-72(77)83(73-37-19-22-40-78(73)85)70-34-16-11-29-63(70)64-30-12-17-35-71(64)83/h3-53H,1-2H3. The molecule has 0 atom stereocenters. The fourth-order valence-electron chi connectivity index (χ4n) is 16.4. The number of anilines is 6. The van der Waals surface area contributed by atoms with E-state index in [1.54, 1.807) is 0 Å². The summed E-state index contributed by atoms with van der Waals surface area (Å²) in [5, 5.41) is 2.53. The SMILES string of the molecule is CC1(C)c2cc(N(c3ccc(N4c5ccccc5C5(c6ccccc6-c6ccccc65)c5ccccc54)cc3)c3ccc(C4(c5ccccc5)c5ccccc5-c5ccccc54)cc3)ccc2-c2c1ccc1c3ccccc3n(-c3ccccc3)c21. The van der Waals surface area contributed by atoms with E-state index >= 15 is 0 Å². The highest BCUT2D eigenvalue weighted by Gasteiger charge is 2.52. The molecule has 86 heavy (non-hydrogen) atoms. The Morgan fingerprint density at radius 2 is 0.744 bits per heavy atom. The van der Waals surface area contributed by atoms with Gasteiger partial charge in [0.2, 0.25) is 0 Å². The highest BCUT2D eigenvalue weighted by Crippen LogP contribution is 2.64. The molecule has 3 heteroatoms. The minimum atomic E-state index is -0.515. The Kier molecular flexibility index (Phi) is 10.3. The second-order valence-electron chi connectivity index (χ2n) is 24.2. The van der Waals surface area contributed by atoms with Crippen LogP contribution in [-0.2, 0) is 16.2 Å². The maximum Gasteiger partial charge on any atom is 0.0754 e. The lowest BCUT2D eigenvalue weighted by Crippen LogP contribution is -2.36. The minimum Gasteiger partial charge on any atom is -0.310 e. The Labute approximate surface area is 501 Å². The number of rotatable bonds is 7. The van der Waals surface area contributed by atoms with Crippen LogP contribution in [0.4, 0.5) is 34.1 Å². The first-order valence-corrected chi connectivity index (χ1v) is 30.2. The molecule has 0 radical (unpaired) electrons. The summed E-state index contributed by atoms with van der Waals surface area (Å²) in [5.41, 5.74) is 29.8. The molecule has 0 unspecified atom stereocenters. The smallest absolute Gasteiger partial charge is 0.0754 e. The van der Waals surface area contributed by atoms with Crippen molar-refractivity contribution in [3.05, 3.63) is 365 Å². The first kappa shape index (κ1) is 48.8. The van der Waals surface area contributed by atoms with E-state index in [4.69, 9.17) is 0 Å². The lowest BCUT2D eigenvalue weighted by Gasteiger charge is -2.45. The zero-order chi connectivity index (χ0) is 56.9. The highest BCUT2D eigenvalue weighted by molar-refractivity contribution is 6.16. The number of hydrogen-bond acceptors (Lipinski definition) is 2.